The van der Waals surface area contributed by atoms with Crippen molar-refractivity contribution in [3.8, 4) is 0 Å². The SMILES string of the molecule is Cc1nc2nc(CC3CCCC3)cc(=O)n2[nH]1. The molecule has 0 aliphatic heterocycles. The van der Waals surface area contributed by atoms with Gasteiger partial charge in [-0.2, -0.15) is 9.50 Å². The van der Waals surface area contributed by atoms with Crippen LogP contribution in [0.4, 0.5) is 0 Å². The Bertz CT molecular complexity index is 592. The molecule has 5 nitrogen and oxygen atoms in total. The monoisotopic (exact) mass is 232 g/mol. The number of fused-ring (bicyclic) bond motifs is 1. The van der Waals surface area contributed by atoms with Crippen molar-refractivity contribution in [2.24, 2.45) is 5.92 Å². The fraction of sp³-hybridized carbons (Fsp3) is 0.583. The summed E-state index contributed by atoms with van der Waals surface area (Å²) >= 11 is 0. The van der Waals surface area contributed by atoms with Gasteiger partial charge in [0.05, 0.1) is 5.69 Å². The molecular weight excluding hydrogens is 216 g/mol. The van der Waals surface area contributed by atoms with E-state index in [0.717, 1.165) is 12.1 Å². The summed E-state index contributed by atoms with van der Waals surface area (Å²) in [6.45, 7) is 1.82. The Morgan fingerprint density at radius 2 is 2.18 bits per heavy atom. The van der Waals surface area contributed by atoms with Crippen LogP contribution >= 0.6 is 0 Å². The molecule has 1 saturated carbocycles. The van der Waals surface area contributed by atoms with Gasteiger partial charge in [-0.25, -0.2) is 4.98 Å². The van der Waals surface area contributed by atoms with Crippen LogP contribution in [-0.4, -0.2) is 19.6 Å². The molecule has 90 valence electrons. The predicted molar refractivity (Wildman–Crippen MR) is 64.0 cm³/mol. The van der Waals surface area contributed by atoms with E-state index in [4.69, 9.17) is 0 Å². The van der Waals surface area contributed by atoms with Crippen molar-refractivity contribution in [2.75, 3.05) is 0 Å². The minimum absolute atomic E-state index is 0.0661. The van der Waals surface area contributed by atoms with Crippen LogP contribution in [0.25, 0.3) is 5.78 Å². The van der Waals surface area contributed by atoms with Crippen molar-refractivity contribution in [1.29, 1.82) is 0 Å². The molecule has 0 aromatic carbocycles. The summed E-state index contributed by atoms with van der Waals surface area (Å²) in [5.74, 6) is 1.90. The molecule has 2 aromatic rings. The number of nitrogens with one attached hydrogen (secondary N) is 1. The predicted octanol–water partition coefficient (Wildman–Crippen LogP) is 1.46. The Morgan fingerprint density at radius 3 is 2.94 bits per heavy atom. The number of nitrogens with zero attached hydrogens (tertiary/aromatic N) is 3. The Hall–Kier alpha value is -1.65. The largest absolute Gasteiger partial charge is 0.275 e. The van der Waals surface area contributed by atoms with Gasteiger partial charge < -0.3 is 0 Å². The van der Waals surface area contributed by atoms with E-state index >= 15 is 0 Å². The van der Waals surface area contributed by atoms with Gasteiger partial charge in [0.1, 0.15) is 5.82 Å². The normalized spacial score (nSPS) is 17.0. The van der Waals surface area contributed by atoms with Crippen LogP contribution in [0.2, 0.25) is 0 Å². The third-order valence-electron chi connectivity index (χ3n) is 3.47. The lowest BCUT2D eigenvalue weighted by Crippen LogP contribution is -2.16. The molecule has 1 N–H and O–H groups in total. The number of aryl methyl sites for hydroxylation is 1. The van der Waals surface area contributed by atoms with E-state index in [1.165, 1.54) is 30.2 Å². The lowest BCUT2D eigenvalue weighted by molar-refractivity contribution is 0.538. The molecule has 0 atom stereocenters. The van der Waals surface area contributed by atoms with Gasteiger partial charge in [0.15, 0.2) is 0 Å². The van der Waals surface area contributed by atoms with Crippen molar-refractivity contribution in [3.63, 3.8) is 0 Å². The van der Waals surface area contributed by atoms with E-state index in [1.807, 2.05) is 6.92 Å². The van der Waals surface area contributed by atoms with Crippen LogP contribution < -0.4 is 5.56 Å². The summed E-state index contributed by atoms with van der Waals surface area (Å²) in [4.78, 5) is 20.5. The fourth-order valence-electron chi connectivity index (χ4n) is 2.65. The first-order chi connectivity index (χ1) is 8.22. The average molecular weight is 232 g/mol. The summed E-state index contributed by atoms with van der Waals surface area (Å²) in [6.07, 6.45) is 6.07. The van der Waals surface area contributed by atoms with E-state index in [2.05, 4.69) is 15.1 Å². The summed E-state index contributed by atoms with van der Waals surface area (Å²) in [7, 11) is 0. The second kappa shape index (κ2) is 3.98. The number of hydrogen-bond acceptors (Lipinski definition) is 3. The molecule has 1 aliphatic carbocycles. The fourth-order valence-corrected chi connectivity index (χ4v) is 2.65. The van der Waals surface area contributed by atoms with Crippen LogP contribution in [-0.2, 0) is 6.42 Å². The van der Waals surface area contributed by atoms with Gasteiger partial charge in [0.25, 0.3) is 11.3 Å². The first-order valence-electron chi connectivity index (χ1n) is 6.18. The number of rotatable bonds is 2. The Morgan fingerprint density at radius 1 is 1.41 bits per heavy atom. The minimum atomic E-state index is -0.0661. The lowest BCUT2D eigenvalue weighted by atomic mass is 10.0. The molecule has 0 spiro atoms. The van der Waals surface area contributed by atoms with E-state index in [-0.39, 0.29) is 5.56 Å². The van der Waals surface area contributed by atoms with Gasteiger partial charge in [0.2, 0.25) is 0 Å². The first-order valence-corrected chi connectivity index (χ1v) is 6.18. The molecule has 17 heavy (non-hydrogen) atoms. The van der Waals surface area contributed by atoms with Crippen LogP contribution in [0.1, 0.15) is 37.2 Å². The van der Waals surface area contributed by atoms with Crippen molar-refractivity contribution >= 4 is 5.78 Å². The van der Waals surface area contributed by atoms with Crippen molar-refractivity contribution in [1.82, 2.24) is 19.6 Å². The van der Waals surface area contributed by atoms with Gasteiger partial charge in [-0.15, -0.1) is 0 Å². The lowest BCUT2D eigenvalue weighted by Gasteiger charge is -2.07. The third-order valence-corrected chi connectivity index (χ3v) is 3.47. The molecule has 0 saturated heterocycles. The second-order valence-electron chi connectivity index (χ2n) is 4.88. The van der Waals surface area contributed by atoms with Crippen LogP contribution in [0.5, 0.6) is 0 Å². The summed E-state index contributed by atoms with van der Waals surface area (Å²) in [6, 6.07) is 1.63. The Kier molecular flexibility index (Phi) is 2.46. The summed E-state index contributed by atoms with van der Waals surface area (Å²) in [5.41, 5.74) is 0.817. The molecular formula is C12H16N4O. The molecule has 2 heterocycles. The molecule has 1 fully saturated rings. The quantitative estimate of drug-likeness (QED) is 0.852. The number of H-pyrrole nitrogens is 1. The highest BCUT2D eigenvalue weighted by atomic mass is 16.1. The molecule has 0 bridgehead atoms. The minimum Gasteiger partial charge on any atom is -0.275 e. The highest BCUT2D eigenvalue weighted by Gasteiger charge is 2.17. The number of aromatic amines is 1. The van der Waals surface area contributed by atoms with Crippen LogP contribution in [0.15, 0.2) is 10.9 Å². The van der Waals surface area contributed by atoms with E-state index in [1.54, 1.807) is 6.07 Å². The van der Waals surface area contributed by atoms with Crippen LogP contribution in [0.3, 0.4) is 0 Å². The van der Waals surface area contributed by atoms with Gasteiger partial charge in [-0.3, -0.25) is 9.89 Å². The van der Waals surface area contributed by atoms with Crippen molar-refractivity contribution in [2.45, 2.75) is 39.0 Å². The number of hydrogen-bond donors (Lipinski definition) is 1. The molecule has 2 aromatic heterocycles. The smallest absolute Gasteiger partial charge is 0.274 e. The maximum Gasteiger partial charge on any atom is 0.274 e. The highest BCUT2D eigenvalue weighted by molar-refractivity contribution is 5.27. The zero-order chi connectivity index (χ0) is 11.8. The van der Waals surface area contributed by atoms with Gasteiger partial charge >= 0.3 is 0 Å². The summed E-state index contributed by atoms with van der Waals surface area (Å²) < 4.78 is 1.40. The first kappa shape index (κ1) is 10.5. The van der Waals surface area contributed by atoms with Crippen molar-refractivity contribution in [3.05, 3.63) is 27.9 Å². The van der Waals surface area contributed by atoms with Gasteiger partial charge in [-0.05, 0) is 19.3 Å². The average Bonchev–Trinajstić information content (AvgIpc) is 2.87. The maximum absolute atomic E-state index is 11.8. The topological polar surface area (TPSA) is 63.1 Å². The molecule has 3 rings (SSSR count). The number of aromatic nitrogens is 4. The standard InChI is InChI=1S/C12H16N4O/c1-8-13-12-14-10(6-9-4-2-3-5-9)7-11(17)16(12)15-8/h7,9H,2-6H2,1H3,(H,13,14,15). The van der Waals surface area contributed by atoms with Crippen LogP contribution in [0, 0.1) is 12.8 Å². The second-order valence-corrected chi connectivity index (χ2v) is 4.88. The van der Waals surface area contributed by atoms with E-state index in [0.29, 0.717) is 17.5 Å². The maximum atomic E-state index is 11.8. The summed E-state index contributed by atoms with van der Waals surface area (Å²) in [5, 5.41) is 2.88. The molecule has 0 unspecified atom stereocenters. The zero-order valence-corrected chi connectivity index (χ0v) is 9.94. The van der Waals surface area contributed by atoms with Gasteiger partial charge in [-0.1, -0.05) is 25.7 Å². The van der Waals surface area contributed by atoms with Crippen molar-refractivity contribution < 1.29 is 0 Å². The van der Waals surface area contributed by atoms with E-state index in [9.17, 15) is 4.79 Å². The molecule has 0 radical (unpaired) electrons. The Labute approximate surface area is 98.9 Å². The zero-order valence-electron chi connectivity index (χ0n) is 9.94. The molecule has 5 heteroatoms. The van der Waals surface area contributed by atoms with E-state index < -0.39 is 0 Å². The molecule has 1 aliphatic rings. The highest BCUT2D eigenvalue weighted by Crippen LogP contribution is 2.27. The Balaban J connectivity index is 1.96. The van der Waals surface area contributed by atoms with Gasteiger partial charge in [0, 0.05) is 6.07 Å². The molecule has 0 amide bonds. The third kappa shape index (κ3) is 1.97.